The van der Waals surface area contributed by atoms with Gasteiger partial charge >= 0.3 is 0 Å². The maximum atomic E-state index is 5.32. The van der Waals surface area contributed by atoms with E-state index in [-0.39, 0.29) is 0 Å². The van der Waals surface area contributed by atoms with Gasteiger partial charge in [0.05, 0.1) is 13.2 Å². The second-order valence-corrected chi connectivity index (χ2v) is 4.39. The monoisotopic (exact) mass is 198 g/mol. The molecule has 2 aliphatic rings. The van der Waals surface area contributed by atoms with E-state index in [4.69, 9.17) is 4.74 Å². The van der Waals surface area contributed by atoms with Crippen LogP contribution in [0.4, 0.5) is 0 Å². The molecule has 0 amide bonds. The van der Waals surface area contributed by atoms with E-state index in [0.717, 1.165) is 38.9 Å². The zero-order valence-electron chi connectivity index (χ0n) is 9.00. The van der Waals surface area contributed by atoms with Crippen LogP contribution in [0.15, 0.2) is 0 Å². The van der Waals surface area contributed by atoms with Gasteiger partial charge in [-0.1, -0.05) is 12.8 Å². The smallest absolute Gasteiger partial charge is 0.0594 e. The summed E-state index contributed by atoms with van der Waals surface area (Å²) in [5, 5.41) is 3.65. The molecule has 0 bridgehead atoms. The highest BCUT2D eigenvalue weighted by Gasteiger charge is 2.14. The lowest BCUT2D eigenvalue weighted by Gasteiger charge is -2.27. The fourth-order valence-corrected chi connectivity index (χ4v) is 2.38. The Morgan fingerprint density at radius 1 is 1.14 bits per heavy atom. The SMILES string of the molecule is C1CCC(NCCN2CCOCC2)C1. The minimum atomic E-state index is 0.816. The van der Waals surface area contributed by atoms with Crippen LogP contribution in [-0.2, 0) is 4.74 Å². The molecule has 0 aromatic heterocycles. The summed E-state index contributed by atoms with van der Waals surface area (Å²) in [6.45, 7) is 6.43. The van der Waals surface area contributed by atoms with Gasteiger partial charge in [0.25, 0.3) is 0 Å². The van der Waals surface area contributed by atoms with Crippen molar-refractivity contribution in [2.75, 3.05) is 39.4 Å². The molecule has 2 fully saturated rings. The molecule has 82 valence electrons. The maximum Gasteiger partial charge on any atom is 0.0594 e. The van der Waals surface area contributed by atoms with Gasteiger partial charge in [0.2, 0.25) is 0 Å². The topological polar surface area (TPSA) is 24.5 Å². The largest absolute Gasteiger partial charge is 0.379 e. The van der Waals surface area contributed by atoms with E-state index < -0.39 is 0 Å². The van der Waals surface area contributed by atoms with Crippen molar-refractivity contribution in [1.82, 2.24) is 10.2 Å². The first kappa shape index (κ1) is 10.4. The molecule has 3 heteroatoms. The Hall–Kier alpha value is -0.120. The Kier molecular flexibility index (Phi) is 4.22. The highest BCUT2D eigenvalue weighted by atomic mass is 16.5. The second-order valence-electron chi connectivity index (χ2n) is 4.39. The first-order valence-electron chi connectivity index (χ1n) is 5.98. The van der Waals surface area contributed by atoms with Crippen molar-refractivity contribution in [3.05, 3.63) is 0 Å². The number of hydrogen-bond donors (Lipinski definition) is 1. The zero-order valence-corrected chi connectivity index (χ0v) is 9.00. The van der Waals surface area contributed by atoms with Crippen LogP contribution in [0.5, 0.6) is 0 Å². The molecule has 1 heterocycles. The summed E-state index contributed by atoms with van der Waals surface area (Å²) < 4.78 is 5.32. The molecular formula is C11H22N2O. The minimum absolute atomic E-state index is 0.816. The average Bonchev–Trinajstić information content (AvgIpc) is 2.72. The van der Waals surface area contributed by atoms with Crippen LogP contribution in [0, 0.1) is 0 Å². The van der Waals surface area contributed by atoms with Gasteiger partial charge in [-0.15, -0.1) is 0 Å². The van der Waals surface area contributed by atoms with Crippen molar-refractivity contribution < 1.29 is 4.74 Å². The lowest BCUT2D eigenvalue weighted by atomic mass is 10.2. The maximum absolute atomic E-state index is 5.32. The Labute approximate surface area is 86.8 Å². The highest BCUT2D eigenvalue weighted by Crippen LogP contribution is 2.17. The normalized spacial score (nSPS) is 25.7. The first-order valence-corrected chi connectivity index (χ1v) is 5.98. The standard InChI is InChI=1S/C11H22N2O/c1-2-4-11(3-1)12-5-6-13-7-9-14-10-8-13/h11-12H,1-10H2. The van der Waals surface area contributed by atoms with Crippen molar-refractivity contribution in [2.24, 2.45) is 0 Å². The summed E-state index contributed by atoms with van der Waals surface area (Å²) in [4.78, 5) is 2.49. The third kappa shape index (κ3) is 3.23. The van der Waals surface area contributed by atoms with Crippen molar-refractivity contribution in [3.63, 3.8) is 0 Å². The van der Waals surface area contributed by atoms with Gasteiger partial charge in [0.1, 0.15) is 0 Å². The average molecular weight is 198 g/mol. The molecule has 0 spiro atoms. The number of ether oxygens (including phenoxy) is 1. The molecule has 1 aliphatic heterocycles. The molecule has 0 aromatic rings. The third-order valence-electron chi connectivity index (χ3n) is 3.32. The Morgan fingerprint density at radius 2 is 1.86 bits per heavy atom. The molecule has 0 radical (unpaired) electrons. The molecule has 0 aromatic carbocycles. The summed E-state index contributed by atoms with van der Waals surface area (Å²) >= 11 is 0. The predicted octanol–water partition coefficient (Wildman–Crippen LogP) is 0.851. The number of morpholine rings is 1. The molecule has 2 rings (SSSR count). The highest BCUT2D eigenvalue weighted by molar-refractivity contribution is 4.74. The van der Waals surface area contributed by atoms with Crippen molar-refractivity contribution in [3.8, 4) is 0 Å². The summed E-state index contributed by atoms with van der Waals surface area (Å²) in [7, 11) is 0. The van der Waals surface area contributed by atoms with Gasteiger partial charge in [0, 0.05) is 32.2 Å². The van der Waals surface area contributed by atoms with Gasteiger partial charge in [-0.25, -0.2) is 0 Å². The molecule has 1 N–H and O–H groups in total. The lowest BCUT2D eigenvalue weighted by molar-refractivity contribution is 0.0381. The minimum Gasteiger partial charge on any atom is -0.379 e. The van der Waals surface area contributed by atoms with Gasteiger partial charge < -0.3 is 10.1 Å². The van der Waals surface area contributed by atoms with Crippen molar-refractivity contribution in [2.45, 2.75) is 31.7 Å². The van der Waals surface area contributed by atoms with Gasteiger partial charge in [0.15, 0.2) is 0 Å². The Balaban J connectivity index is 1.52. The predicted molar refractivity (Wildman–Crippen MR) is 57.5 cm³/mol. The van der Waals surface area contributed by atoms with Crippen LogP contribution in [0.25, 0.3) is 0 Å². The molecule has 1 aliphatic carbocycles. The number of nitrogens with one attached hydrogen (secondary N) is 1. The van der Waals surface area contributed by atoms with E-state index in [1.165, 1.54) is 32.2 Å². The quantitative estimate of drug-likeness (QED) is 0.725. The van der Waals surface area contributed by atoms with E-state index in [9.17, 15) is 0 Å². The molecular weight excluding hydrogens is 176 g/mol. The molecule has 1 saturated heterocycles. The van der Waals surface area contributed by atoms with E-state index in [0.29, 0.717) is 0 Å². The van der Waals surface area contributed by atoms with E-state index >= 15 is 0 Å². The Morgan fingerprint density at radius 3 is 2.57 bits per heavy atom. The second kappa shape index (κ2) is 5.69. The first-order chi connectivity index (χ1) is 6.95. The zero-order chi connectivity index (χ0) is 9.64. The van der Waals surface area contributed by atoms with E-state index in [1.54, 1.807) is 0 Å². The summed E-state index contributed by atoms with van der Waals surface area (Å²) in [6, 6.07) is 0.816. The Bertz CT molecular complexity index is 151. The van der Waals surface area contributed by atoms with Crippen LogP contribution >= 0.6 is 0 Å². The van der Waals surface area contributed by atoms with Crippen LogP contribution in [-0.4, -0.2) is 50.3 Å². The summed E-state index contributed by atoms with van der Waals surface area (Å²) in [5.41, 5.74) is 0. The summed E-state index contributed by atoms with van der Waals surface area (Å²) in [5.74, 6) is 0. The molecule has 0 unspecified atom stereocenters. The van der Waals surface area contributed by atoms with E-state index in [2.05, 4.69) is 10.2 Å². The summed E-state index contributed by atoms with van der Waals surface area (Å²) in [6.07, 6.45) is 5.64. The van der Waals surface area contributed by atoms with Crippen LogP contribution in [0.2, 0.25) is 0 Å². The van der Waals surface area contributed by atoms with E-state index in [1.807, 2.05) is 0 Å². The fourth-order valence-electron chi connectivity index (χ4n) is 2.38. The molecule has 14 heavy (non-hydrogen) atoms. The lowest BCUT2D eigenvalue weighted by Crippen LogP contribution is -2.41. The number of hydrogen-bond acceptors (Lipinski definition) is 3. The van der Waals surface area contributed by atoms with Crippen molar-refractivity contribution >= 4 is 0 Å². The molecule has 0 atom stereocenters. The fraction of sp³-hybridized carbons (Fsp3) is 1.00. The number of nitrogens with zero attached hydrogens (tertiary/aromatic N) is 1. The van der Waals surface area contributed by atoms with Crippen molar-refractivity contribution in [1.29, 1.82) is 0 Å². The van der Waals surface area contributed by atoms with Gasteiger partial charge in [-0.2, -0.15) is 0 Å². The molecule has 3 nitrogen and oxygen atoms in total. The number of rotatable bonds is 4. The molecule has 1 saturated carbocycles. The van der Waals surface area contributed by atoms with Crippen LogP contribution in [0.1, 0.15) is 25.7 Å². The van der Waals surface area contributed by atoms with Gasteiger partial charge in [-0.3, -0.25) is 4.90 Å². The third-order valence-corrected chi connectivity index (χ3v) is 3.32. The van der Waals surface area contributed by atoms with Gasteiger partial charge in [-0.05, 0) is 12.8 Å². The van der Waals surface area contributed by atoms with Crippen LogP contribution < -0.4 is 5.32 Å². The van der Waals surface area contributed by atoms with Crippen LogP contribution in [0.3, 0.4) is 0 Å².